The van der Waals surface area contributed by atoms with Crippen LogP contribution in [-0.2, 0) is 28.9 Å². The summed E-state index contributed by atoms with van der Waals surface area (Å²) in [5.41, 5.74) is 9.28. The van der Waals surface area contributed by atoms with Gasteiger partial charge in [-0.2, -0.15) is 0 Å². The molecule has 0 radical (unpaired) electrons. The summed E-state index contributed by atoms with van der Waals surface area (Å²) in [5.74, 6) is -0.510. The highest BCUT2D eigenvalue weighted by Crippen LogP contribution is 2.38. The Morgan fingerprint density at radius 2 is 1.78 bits per heavy atom. The summed E-state index contributed by atoms with van der Waals surface area (Å²) < 4.78 is 0. The molecule has 2 aliphatic rings. The molecule has 2 aromatic rings. The van der Waals surface area contributed by atoms with E-state index in [1.54, 1.807) is 0 Å². The van der Waals surface area contributed by atoms with E-state index in [4.69, 9.17) is 5.73 Å². The molecule has 1 aromatic carbocycles. The van der Waals surface area contributed by atoms with Crippen LogP contribution in [0, 0.1) is 6.92 Å². The third-order valence-electron chi connectivity index (χ3n) is 6.47. The van der Waals surface area contributed by atoms with Gasteiger partial charge in [0.15, 0.2) is 0 Å². The van der Waals surface area contributed by atoms with Crippen molar-refractivity contribution >= 4 is 34.1 Å². The summed E-state index contributed by atoms with van der Waals surface area (Å²) in [6, 6.07) is 7.68. The Labute approximate surface area is 192 Å². The minimum Gasteiger partial charge on any atom is -0.365 e. The lowest BCUT2D eigenvalue weighted by Crippen LogP contribution is -2.54. The molecule has 1 aromatic heterocycles. The Morgan fingerprint density at radius 1 is 1.09 bits per heavy atom. The summed E-state index contributed by atoms with van der Waals surface area (Å²) in [7, 11) is 0. The molecular formula is C24H30N4O3S. The van der Waals surface area contributed by atoms with E-state index in [-0.39, 0.29) is 17.9 Å². The van der Waals surface area contributed by atoms with Gasteiger partial charge in [-0.3, -0.25) is 19.3 Å². The molecule has 1 fully saturated rings. The minimum atomic E-state index is -0.479. The highest BCUT2D eigenvalue weighted by molar-refractivity contribution is 7.17. The quantitative estimate of drug-likeness (QED) is 0.700. The van der Waals surface area contributed by atoms with Crippen LogP contribution in [0.2, 0.25) is 0 Å². The second-order valence-electron chi connectivity index (χ2n) is 8.67. The number of nitrogens with zero attached hydrogens (tertiary/aromatic N) is 2. The van der Waals surface area contributed by atoms with Crippen LogP contribution in [0.1, 0.15) is 45.3 Å². The van der Waals surface area contributed by atoms with E-state index >= 15 is 0 Å². The van der Waals surface area contributed by atoms with Crippen LogP contribution in [0.4, 0.5) is 5.00 Å². The van der Waals surface area contributed by atoms with E-state index in [0.29, 0.717) is 43.2 Å². The molecule has 1 atom stereocenters. The number of hydrogen-bond acceptors (Lipinski definition) is 5. The zero-order valence-corrected chi connectivity index (χ0v) is 19.5. The van der Waals surface area contributed by atoms with Crippen LogP contribution in [-0.4, -0.2) is 59.7 Å². The van der Waals surface area contributed by atoms with E-state index in [9.17, 15) is 14.4 Å². The molecule has 32 heavy (non-hydrogen) atoms. The molecule has 3 N–H and O–H groups in total. The fourth-order valence-corrected chi connectivity index (χ4v) is 5.78. The molecule has 8 heteroatoms. The number of amides is 3. The number of nitrogens with one attached hydrogen (secondary N) is 1. The first kappa shape index (κ1) is 22.5. The van der Waals surface area contributed by atoms with Crippen molar-refractivity contribution in [2.45, 2.75) is 45.6 Å². The predicted molar refractivity (Wildman–Crippen MR) is 126 cm³/mol. The van der Waals surface area contributed by atoms with E-state index in [1.165, 1.54) is 16.9 Å². The number of rotatable bonds is 6. The van der Waals surface area contributed by atoms with Crippen LogP contribution >= 0.6 is 11.3 Å². The van der Waals surface area contributed by atoms with Crippen molar-refractivity contribution in [1.82, 2.24) is 9.80 Å². The fourth-order valence-electron chi connectivity index (χ4n) is 4.49. The van der Waals surface area contributed by atoms with Crippen molar-refractivity contribution < 1.29 is 14.4 Å². The number of thiophene rings is 1. The van der Waals surface area contributed by atoms with Crippen molar-refractivity contribution in [3.8, 4) is 0 Å². The standard InChI is InChI=1S/C24H30N4O3S/c1-15-6-8-17(9-7-15)14-20(29)28-12-10-27(11-13-28)16(2)23(31)26-24-21(22(25)30)18-4-3-5-19(18)32-24/h6-9,16H,3-5,10-14H2,1-2H3,(H2,25,30)(H,26,31). The molecule has 0 bridgehead atoms. The van der Waals surface area contributed by atoms with Gasteiger partial charge in [0.1, 0.15) is 5.00 Å². The zero-order chi connectivity index (χ0) is 22.8. The van der Waals surface area contributed by atoms with Gasteiger partial charge >= 0.3 is 0 Å². The minimum absolute atomic E-state index is 0.116. The van der Waals surface area contributed by atoms with Gasteiger partial charge in [0.25, 0.3) is 5.91 Å². The molecule has 1 saturated heterocycles. The van der Waals surface area contributed by atoms with Gasteiger partial charge < -0.3 is 16.0 Å². The monoisotopic (exact) mass is 454 g/mol. The molecule has 1 aliphatic carbocycles. The number of primary amides is 1. The van der Waals surface area contributed by atoms with Gasteiger partial charge in [-0.15, -0.1) is 11.3 Å². The third kappa shape index (κ3) is 4.71. The van der Waals surface area contributed by atoms with Crippen LogP contribution in [0.15, 0.2) is 24.3 Å². The first-order valence-corrected chi connectivity index (χ1v) is 12.0. The lowest BCUT2D eigenvalue weighted by molar-refractivity contribution is -0.133. The first-order valence-electron chi connectivity index (χ1n) is 11.2. The average molecular weight is 455 g/mol. The van der Waals surface area contributed by atoms with Crippen molar-refractivity contribution in [2.24, 2.45) is 5.73 Å². The van der Waals surface area contributed by atoms with Gasteiger partial charge in [-0.25, -0.2) is 0 Å². The number of nitrogens with two attached hydrogens (primary N) is 1. The second kappa shape index (κ2) is 9.42. The largest absolute Gasteiger partial charge is 0.365 e. The van der Waals surface area contributed by atoms with E-state index in [1.807, 2.05) is 43.0 Å². The summed E-state index contributed by atoms with van der Waals surface area (Å²) in [4.78, 5) is 42.7. The predicted octanol–water partition coefficient (Wildman–Crippen LogP) is 2.36. The lowest BCUT2D eigenvalue weighted by atomic mass is 10.1. The van der Waals surface area contributed by atoms with Crippen molar-refractivity contribution in [3.63, 3.8) is 0 Å². The number of anilines is 1. The molecule has 1 unspecified atom stereocenters. The maximum Gasteiger partial charge on any atom is 0.251 e. The molecule has 3 amide bonds. The van der Waals surface area contributed by atoms with E-state index < -0.39 is 5.91 Å². The lowest BCUT2D eigenvalue weighted by Gasteiger charge is -2.37. The smallest absolute Gasteiger partial charge is 0.251 e. The van der Waals surface area contributed by atoms with Crippen molar-refractivity contribution in [1.29, 1.82) is 0 Å². The van der Waals surface area contributed by atoms with Gasteiger partial charge in [-0.1, -0.05) is 29.8 Å². The normalized spacial score (nSPS) is 17.1. The number of benzene rings is 1. The molecule has 2 heterocycles. The molecular weight excluding hydrogens is 424 g/mol. The molecule has 170 valence electrons. The van der Waals surface area contributed by atoms with Crippen LogP contribution in [0.25, 0.3) is 0 Å². The average Bonchev–Trinajstić information content (AvgIpc) is 3.35. The van der Waals surface area contributed by atoms with E-state index in [0.717, 1.165) is 35.3 Å². The Balaban J connectivity index is 1.32. The molecule has 1 aliphatic heterocycles. The third-order valence-corrected chi connectivity index (χ3v) is 7.68. The number of piperazine rings is 1. The maximum atomic E-state index is 12.9. The number of hydrogen-bond donors (Lipinski definition) is 2. The fraction of sp³-hybridized carbons (Fsp3) is 0.458. The molecule has 7 nitrogen and oxygen atoms in total. The maximum absolute atomic E-state index is 12.9. The van der Waals surface area contributed by atoms with Crippen molar-refractivity contribution in [3.05, 3.63) is 51.4 Å². The molecule has 0 spiro atoms. The SMILES string of the molecule is Cc1ccc(CC(=O)N2CCN(C(C)C(=O)Nc3sc4c(c3C(N)=O)CCC4)CC2)cc1. The Morgan fingerprint density at radius 3 is 2.44 bits per heavy atom. The summed E-state index contributed by atoms with van der Waals surface area (Å²) in [6.07, 6.45) is 3.20. The van der Waals surface area contributed by atoms with Crippen molar-refractivity contribution in [2.75, 3.05) is 31.5 Å². The highest BCUT2D eigenvalue weighted by Gasteiger charge is 2.30. The Bertz CT molecular complexity index is 1020. The van der Waals surface area contributed by atoms with Crippen LogP contribution < -0.4 is 11.1 Å². The number of fused-ring (bicyclic) bond motifs is 1. The molecule has 0 saturated carbocycles. The molecule has 4 rings (SSSR count). The van der Waals surface area contributed by atoms with E-state index in [2.05, 4.69) is 10.2 Å². The Hall–Kier alpha value is -2.71. The summed E-state index contributed by atoms with van der Waals surface area (Å²) >= 11 is 1.47. The van der Waals surface area contributed by atoms with Gasteiger partial charge in [0.2, 0.25) is 11.8 Å². The van der Waals surface area contributed by atoms with Gasteiger partial charge in [-0.05, 0) is 44.2 Å². The van der Waals surface area contributed by atoms with Gasteiger partial charge in [0.05, 0.1) is 18.0 Å². The van der Waals surface area contributed by atoms with Crippen LogP contribution in [0.5, 0.6) is 0 Å². The van der Waals surface area contributed by atoms with Gasteiger partial charge in [0, 0.05) is 31.1 Å². The van der Waals surface area contributed by atoms with Crippen LogP contribution in [0.3, 0.4) is 0 Å². The number of aryl methyl sites for hydroxylation is 2. The topological polar surface area (TPSA) is 95.7 Å². The summed E-state index contributed by atoms with van der Waals surface area (Å²) in [6.45, 7) is 6.37. The number of carbonyl (C=O) groups is 3. The second-order valence-corrected chi connectivity index (χ2v) is 9.78. The Kier molecular flexibility index (Phi) is 6.62. The number of carbonyl (C=O) groups excluding carboxylic acids is 3. The first-order chi connectivity index (χ1) is 15.3. The summed E-state index contributed by atoms with van der Waals surface area (Å²) in [5, 5.41) is 3.52. The zero-order valence-electron chi connectivity index (χ0n) is 18.6. The highest BCUT2D eigenvalue weighted by atomic mass is 32.1.